The van der Waals surface area contributed by atoms with Crippen LogP contribution >= 0.6 is 11.8 Å². The summed E-state index contributed by atoms with van der Waals surface area (Å²) in [6.45, 7) is 0.678. The van der Waals surface area contributed by atoms with E-state index in [1.54, 1.807) is 6.07 Å². The van der Waals surface area contributed by atoms with Crippen molar-refractivity contribution >= 4 is 32.9 Å². The average Bonchev–Trinajstić information content (AvgIpc) is 3.00. The Hall–Kier alpha value is -1.38. The van der Waals surface area contributed by atoms with Gasteiger partial charge in [0, 0.05) is 19.1 Å². The molecule has 1 aliphatic carbocycles. The molecule has 0 spiro atoms. The van der Waals surface area contributed by atoms with Gasteiger partial charge in [-0.3, -0.25) is 14.5 Å². The number of carbonyl (C=O) groups excluding carboxylic acids is 2. The summed E-state index contributed by atoms with van der Waals surface area (Å²) in [5.41, 5.74) is 2.41. The predicted octanol–water partition coefficient (Wildman–Crippen LogP) is 2.41. The number of aryl methyl sites for hydroxylation is 2. The van der Waals surface area contributed by atoms with E-state index in [0.717, 1.165) is 36.6 Å². The molecule has 0 atom stereocenters. The fraction of sp³-hybridized carbons (Fsp3) is 0.556. The maximum absolute atomic E-state index is 13.0. The summed E-state index contributed by atoms with van der Waals surface area (Å²) in [6.07, 6.45) is 5.25. The Labute approximate surface area is 158 Å². The van der Waals surface area contributed by atoms with Gasteiger partial charge in [0.25, 0.3) is 5.24 Å². The number of amides is 2. The number of fused-ring (bicyclic) bond motifs is 1. The van der Waals surface area contributed by atoms with Crippen LogP contribution in [0.4, 0.5) is 4.79 Å². The molecule has 0 radical (unpaired) electrons. The van der Waals surface area contributed by atoms with Crippen LogP contribution < -0.4 is 0 Å². The van der Waals surface area contributed by atoms with Crippen LogP contribution in [0.15, 0.2) is 23.1 Å². The summed E-state index contributed by atoms with van der Waals surface area (Å²) in [4.78, 5) is 25.4. The lowest BCUT2D eigenvalue weighted by Gasteiger charge is -2.34. The summed E-state index contributed by atoms with van der Waals surface area (Å²) in [6, 6.07) is 5.32. The van der Waals surface area contributed by atoms with Gasteiger partial charge in [-0.15, -0.1) is 0 Å². The van der Waals surface area contributed by atoms with Crippen molar-refractivity contribution in [3.05, 3.63) is 29.3 Å². The molecule has 2 aliphatic heterocycles. The van der Waals surface area contributed by atoms with E-state index in [4.69, 9.17) is 0 Å². The van der Waals surface area contributed by atoms with Crippen molar-refractivity contribution in [3.8, 4) is 0 Å². The number of thioether (sulfide) groups is 1. The Bertz CT molecular complexity index is 829. The summed E-state index contributed by atoms with van der Waals surface area (Å²) in [5.74, 6) is 0.0444. The average molecular weight is 395 g/mol. The van der Waals surface area contributed by atoms with Gasteiger partial charge in [-0.1, -0.05) is 17.8 Å². The van der Waals surface area contributed by atoms with Gasteiger partial charge in [0.2, 0.25) is 15.9 Å². The highest BCUT2D eigenvalue weighted by atomic mass is 32.2. The number of imide groups is 1. The number of benzene rings is 1. The molecule has 26 heavy (non-hydrogen) atoms. The first kappa shape index (κ1) is 18.0. The maximum atomic E-state index is 13.0. The summed E-state index contributed by atoms with van der Waals surface area (Å²) in [5, 5.41) is -0.203. The van der Waals surface area contributed by atoms with Gasteiger partial charge in [0.05, 0.1) is 10.6 Å². The van der Waals surface area contributed by atoms with Crippen molar-refractivity contribution < 1.29 is 18.0 Å². The van der Waals surface area contributed by atoms with Gasteiger partial charge in [0.1, 0.15) is 0 Å². The fourth-order valence-electron chi connectivity index (χ4n) is 4.08. The zero-order valence-corrected chi connectivity index (χ0v) is 16.2. The Morgan fingerprint density at radius 2 is 1.69 bits per heavy atom. The quantitative estimate of drug-likeness (QED) is 0.787. The molecule has 2 heterocycles. The molecular formula is C18H22N2O4S2. The zero-order valence-electron chi connectivity index (χ0n) is 14.5. The van der Waals surface area contributed by atoms with E-state index < -0.39 is 10.0 Å². The first-order valence-electron chi connectivity index (χ1n) is 9.07. The van der Waals surface area contributed by atoms with Crippen molar-refractivity contribution in [3.63, 3.8) is 0 Å². The highest BCUT2D eigenvalue weighted by Gasteiger charge is 2.39. The van der Waals surface area contributed by atoms with Crippen LogP contribution in [0.5, 0.6) is 0 Å². The van der Waals surface area contributed by atoms with Crippen molar-refractivity contribution in [1.29, 1.82) is 0 Å². The highest BCUT2D eigenvalue weighted by Crippen LogP contribution is 2.30. The van der Waals surface area contributed by atoms with E-state index >= 15 is 0 Å². The summed E-state index contributed by atoms with van der Waals surface area (Å²) < 4.78 is 27.5. The molecule has 140 valence electrons. The highest BCUT2D eigenvalue weighted by molar-refractivity contribution is 8.14. The second-order valence-electron chi connectivity index (χ2n) is 7.09. The van der Waals surface area contributed by atoms with Gasteiger partial charge in [-0.2, -0.15) is 4.31 Å². The van der Waals surface area contributed by atoms with E-state index in [0.29, 0.717) is 30.8 Å². The van der Waals surface area contributed by atoms with E-state index in [-0.39, 0.29) is 22.9 Å². The topological polar surface area (TPSA) is 74.8 Å². The smallest absolute Gasteiger partial charge is 0.273 e. The van der Waals surface area contributed by atoms with E-state index in [1.165, 1.54) is 21.2 Å². The van der Waals surface area contributed by atoms with Crippen LogP contribution in [0.2, 0.25) is 0 Å². The predicted molar refractivity (Wildman–Crippen MR) is 99.6 cm³/mol. The number of piperidine rings is 1. The SMILES string of the molecule is O=C1CSC(=O)N1C1CCN(S(=O)(=O)c2ccc3c(c2)CCCC3)CC1. The van der Waals surface area contributed by atoms with Crippen LogP contribution in [0.25, 0.3) is 0 Å². The zero-order chi connectivity index (χ0) is 18.3. The van der Waals surface area contributed by atoms with Crippen LogP contribution in [0, 0.1) is 0 Å². The number of nitrogens with zero attached hydrogens (tertiary/aromatic N) is 2. The first-order chi connectivity index (χ1) is 12.5. The summed E-state index contributed by atoms with van der Waals surface area (Å²) >= 11 is 1.03. The molecule has 2 fully saturated rings. The Kier molecular flexibility index (Phi) is 4.83. The van der Waals surface area contributed by atoms with Crippen molar-refractivity contribution in [2.75, 3.05) is 18.8 Å². The third-order valence-electron chi connectivity index (χ3n) is 5.53. The monoisotopic (exact) mass is 394 g/mol. The molecule has 3 aliphatic rings. The Morgan fingerprint density at radius 1 is 1.00 bits per heavy atom. The van der Waals surface area contributed by atoms with Crippen LogP contribution in [0.3, 0.4) is 0 Å². The van der Waals surface area contributed by atoms with Crippen LogP contribution in [-0.2, 0) is 27.7 Å². The van der Waals surface area contributed by atoms with Gasteiger partial charge < -0.3 is 0 Å². The molecule has 6 nitrogen and oxygen atoms in total. The van der Waals surface area contributed by atoms with E-state index in [9.17, 15) is 18.0 Å². The lowest BCUT2D eigenvalue weighted by Crippen LogP contribution is -2.48. The van der Waals surface area contributed by atoms with Crippen molar-refractivity contribution in [2.24, 2.45) is 0 Å². The second kappa shape index (κ2) is 6.98. The molecule has 4 rings (SSSR count). The molecule has 1 aromatic carbocycles. The summed E-state index contributed by atoms with van der Waals surface area (Å²) in [7, 11) is -3.53. The number of hydrogen-bond donors (Lipinski definition) is 0. The number of sulfonamides is 1. The van der Waals surface area contributed by atoms with Crippen molar-refractivity contribution in [2.45, 2.75) is 49.5 Å². The van der Waals surface area contributed by atoms with Gasteiger partial charge in [-0.05, 0) is 61.8 Å². The Morgan fingerprint density at radius 3 is 2.35 bits per heavy atom. The lowest BCUT2D eigenvalue weighted by atomic mass is 9.92. The van der Waals surface area contributed by atoms with E-state index in [2.05, 4.69) is 0 Å². The van der Waals surface area contributed by atoms with E-state index in [1.807, 2.05) is 12.1 Å². The number of hydrogen-bond acceptors (Lipinski definition) is 5. The maximum Gasteiger partial charge on any atom is 0.289 e. The molecule has 0 N–H and O–H groups in total. The fourth-order valence-corrected chi connectivity index (χ4v) is 6.37. The molecule has 0 unspecified atom stereocenters. The molecule has 2 amide bonds. The molecular weight excluding hydrogens is 372 g/mol. The van der Waals surface area contributed by atoms with Gasteiger partial charge >= 0.3 is 0 Å². The molecule has 1 aromatic rings. The normalized spacial score (nSPS) is 22.7. The molecule has 0 saturated carbocycles. The number of rotatable bonds is 3. The Balaban J connectivity index is 1.48. The molecule has 8 heteroatoms. The molecule has 0 bridgehead atoms. The van der Waals surface area contributed by atoms with Gasteiger partial charge in [-0.25, -0.2) is 8.42 Å². The number of carbonyl (C=O) groups is 2. The molecule has 2 saturated heterocycles. The standard InChI is InChI=1S/C18H22N2O4S2/c21-17-12-25-18(22)20(17)15-7-9-19(10-8-15)26(23,24)16-6-5-13-3-1-2-4-14(13)11-16/h5-6,11,15H,1-4,7-10,12H2. The lowest BCUT2D eigenvalue weighted by molar-refractivity contribution is -0.126. The van der Waals surface area contributed by atoms with Gasteiger partial charge in [0.15, 0.2) is 0 Å². The van der Waals surface area contributed by atoms with Crippen molar-refractivity contribution in [1.82, 2.24) is 9.21 Å². The largest absolute Gasteiger partial charge is 0.289 e. The minimum absolute atomic E-state index is 0.156. The van der Waals surface area contributed by atoms with Crippen LogP contribution in [-0.4, -0.2) is 53.7 Å². The third kappa shape index (κ3) is 3.18. The second-order valence-corrected chi connectivity index (χ2v) is 9.96. The van der Waals surface area contributed by atoms with Crippen LogP contribution in [0.1, 0.15) is 36.8 Å². The minimum atomic E-state index is -3.53. The minimum Gasteiger partial charge on any atom is -0.273 e. The third-order valence-corrected chi connectivity index (χ3v) is 8.26. The first-order valence-corrected chi connectivity index (χ1v) is 11.5. The molecule has 0 aromatic heterocycles.